The molecule has 1 aromatic rings. The average molecular weight is 491 g/mol. The minimum atomic E-state index is 0.367. The van der Waals surface area contributed by atoms with Crippen LogP contribution < -0.4 is 15.1 Å². The van der Waals surface area contributed by atoms with Crippen molar-refractivity contribution in [3.8, 4) is 6.01 Å². The van der Waals surface area contributed by atoms with Gasteiger partial charge in [-0.05, 0) is 37.0 Å². The number of hydrazone groups is 1. The van der Waals surface area contributed by atoms with Gasteiger partial charge in [-0.25, -0.2) is 0 Å². The number of morpholine rings is 2. The maximum absolute atomic E-state index is 5.97. The molecule has 0 aromatic carbocycles. The van der Waals surface area contributed by atoms with Crippen molar-refractivity contribution in [1.82, 2.24) is 14.9 Å². The molecule has 1 saturated carbocycles. The normalized spacial score (nSPS) is 21.7. The summed E-state index contributed by atoms with van der Waals surface area (Å²) in [5, 5.41) is 4.71. The van der Waals surface area contributed by atoms with Gasteiger partial charge in [-0.2, -0.15) is 15.1 Å². The number of hydrogen-bond donors (Lipinski definition) is 1. The lowest BCUT2D eigenvalue weighted by Crippen LogP contribution is -2.39. The third-order valence-corrected chi connectivity index (χ3v) is 6.89. The fourth-order valence-electron chi connectivity index (χ4n) is 4.65. The molecule has 0 atom stereocenters. The monoisotopic (exact) mass is 490 g/mol. The van der Waals surface area contributed by atoms with Crippen molar-refractivity contribution in [3.05, 3.63) is 6.07 Å². The van der Waals surface area contributed by atoms with E-state index in [9.17, 15) is 0 Å². The summed E-state index contributed by atoms with van der Waals surface area (Å²) in [5.74, 6) is 2.29. The van der Waals surface area contributed by atoms with E-state index in [0.717, 1.165) is 70.5 Å². The maximum Gasteiger partial charge on any atom is 0.320 e. The Balaban J connectivity index is 0.00000167. The summed E-state index contributed by atoms with van der Waals surface area (Å²) < 4.78 is 16.9. The molecule has 198 valence electrons. The van der Waals surface area contributed by atoms with Crippen LogP contribution in [0.1, 0.15) is 60.3 Å². The van der Waals surface area contributed by atoms with Crippen LogP contribution in [0.15, 0.2) is 11.2 Å². The van der Waals surface area contributed by atoms with Gasteiger partial charge >= 0.3 is 6.01 Å². The van der Waals surface area contributed by atoms with Gasteiger partial charge < -0.3 is 19.1 Å². The molecule has 9 heteroatoms. The van der Waals surface area contributed by atoms with Crippen molar-refractivity contribution in [2.75, 3.05) is 76.1 Å². The van der Waals surface area contributed by atoms with Crippen LogP contribution >= 0.6 is 0 Å². The standard InChI is InChI=1S/C24H40N6O3.C2H6/c1-24(2,3)19-4-6-20(7-5-19)27-28-21-18-22(30-11-15-32-16-12-30)26-23(25-21)33-17-10-29-8-13-31-14-9-29;1-2/h18-19H,4-17H2,1-3H3,(H,25,26,28);1-2H3. The van der Waals surface area contributed by atoms with Crippen LogP contribution in [0.4, 0.5) is 11.6 Å². The van der Waals surface area contributed by atoms with Gasteiger partial charge in [0.1, 0.15) is 12.4 Å². The molecule has 0 radical (unpaired) electrons. The highest BCUT2D eigenvalue weighted by Crippen LogP contribution is 2.36. The molecule has 0 spiro atoms. The summed E-state index contributed by atoms with van der Waals surface area (Å²) in [4.78, 5) is 13.8. The van der Waals surface area contributed by atoms with Gasteiger partial charge in [-0.3, -0.25) is 10.3 Å². The lowest BCUT2D eigenvalue weighted by Gasteiger charge is -2.34. The first-order chi connectivity index (χ1) is 17.0. The summed E-state index contributed by atoms with van der Waals surface area (Å²) >= 11 is 0. The summed E-state index contributed by atoms with van der Waals surface area (Å²) in [7, 11) is 0. The van der Waals surface area contributed by atoms with Gasteiger partial charge in [-0.1, -0.05) is 34.6 Å². The van der Waals surface area contributed by atoms with Gasteiger partial charge in [-0.15, -0.1) is 0 Å². The maximum atomic E-state index is 5.97. The van der Waals surface area contributed by atoms with E-state index in [2.05, 4.69) is 46.0 Å². The summed E-state index contributed by atoms with van der Waals surface area (Å²) in [6.45, 7) is 18.9. The Hall–Kier alpha value is -1.97. The van der Waals surface area contributed by atoms with Crippen LogP contribution in [0.5, 0.6) is 6.01 Å². The highest BCUT2D eigenvalue weighted by molar-refractivity contribution is 5.85. The Morgan fingerprint density at radius 3 is 2.26 bits per heavy atom. The second kappa shape index (κ2) is 13.9. The van der Waals surface area contributed by atoms with Gasteiger partial charge in [0, 0.05) is 44.5 Å². The molecule has 35 heavy (non-hydrogen) atoms. The zero-order valence-electron chi connectivity index (χ0n) is 22.5. The first kappa shape index (κ1) is 27.6. The van der Waals surface area contributed by atoms with Crippen molar-refractivity contribution in [2.24, 2.45) is 16.4 Å². The molecular weight excluding hydrogens is 444 g/mol. The van der Waals surface area contributed by atoms with Crippen LogP contribution in [-0.2, 0) is 9.47 Å². The van der Waals surface area contributed by atoms with E-state index in [-0.39, 0.29) is 0 Å². The zero-order valence-corrected chi connectivity index (χ0v) is 22.5. The Kier molecular flexibility index (Phi) is 11.0. The molecule has 3 fully saturated rings. The molecule has 4 rings (SSSR count). The number of aromatic nitrogens is 2. The van der Waals surface area contributed by atoms with E-state index < -0.39 is 0 Å². The van der Waals surface area contributed by atoms with Crippen LogP contribution in [-0.4, -0.2) is 86.3 Å². The first-order valence-electron chi connectivity index (χ1n) is 13.4. The van der Waals surface area contributed by atoms with E-state index in [4.69, 9.17) is 19.3 Å². The average Bonchev–Trinajstić information content (AvgIpc) is 2.89. The summed E-state index contributed by atoms with van der Waals surface area (Å²) in [6.07, 6.45) is 4.48. The Morgan fingerprint density at radius 1 is 1.00 bits per heavy atom. The lowest BCUT2D eigenvalue weighted by atomic mass is 9.72. The van der Waals surface area contributed by atoms with Crippen molar-refractivity contribution in [1.29, 1.82) is 0 Å². The van der Waals surface area contributed by atoms with E-state index in [1.54, 1.807) is 0 Å². The van der Waals surface area contributed by atoms with Crippen LogP contribution in [0.2, 0.25) is 0 Å². The number of nitrogens with zero attached hydrogens (tertiary/aromatic N) is 5. The Bertz CT molecular complexity index is 776. The van der Waals surface area contributed by atoms with Crippen LogP contribution in [0, 0.1) is 11.3 Å². The lowest BCUT2D eigenvalue weighted by molar-refractivity contribution is 0.0317. The van der Waals surface area contributed by atoms with Crippen molar-refractivity contribution in [3.63, 3.8) is 0 Å². The van der Waals surface area contributed by atoms with Crippen molar-refractivity contribution in [2.45, 2.75) is 60.3 Å². The predicted molar refractivity (Wildman–Crippen MR) is 142 cm³/mol. The van der Waals surface area contributed by atoms with Crippen molar-refractivity contribution < 1.29 is 14.2 Å². The quantitative estimate of drug-likeness (QED) is 0.573. The van der Waals surface area contributed by atoms with E-state index in [1.165, 1.54) is 18.6 Å². The topological polar surface area (TPSA) is 84.3 Å². The number of rotatable bonds is 7. The molecule has 3 heterocycles. The Labute approximate surface area is 211 Å². The SMILES string of the molecule is CC.CC(C)(C)C1CCC(=NNc2cc(N3CCOCC3)nc(OCCN3CCOCC3)n2)CC1. The molecule has 0 unspecified atom stereocenters. The highest BCUT2D eigenvalue weighted by atomic mass is 16.5. The fourth-order valence-corrected chi connectivity index (χ4v) is 4.65. The smallest absolute Gasteiger partial charge is 0.320 e. The van der Waals surface area contributed by atoms with E-state index in [1.807, 2.05) is 19.9 Å². The molecular formula is C26H46N6O3. The summed E-state index contributed by atoms with van der Waals surface area (Å²) in [5.41, 5.74) is 4.79. The van der Waals surface area contributed by atoms with Gasteiger partial charge in [0.05, 0.1) is 26.4 Å². The third-order valence-electron chi connectivity index (χ3n) is 6.89. The van der Waals surface area contributed by atoms with Gasteiger partial charge in [0.2, 0.25) is 0 Å². The van der Waals surface area contributed by atoms with Crippen LogP contribution in [0.3, 0.4) is 0 Å². The van der Waals surface area contributed by atoms with E-state index >= 15 is 0 Å². The molecule has 1 N–H and O–H groups in total. The highest BCUT2D eigenvalue weighted by Gasteiger charge is 2.28. The number of anilines is 2. The fraction of sp³-hybridized carbons (Fsp3) is 0.808. The molecule has 9 nitrogen and oxygen atoms in total. The number of hydrogen-bond acceptors (Lipinski definition) is 9. The first-order valence-corrected chi connectivity index (χ1v) is 13.4. The summed E-state index contributed by atoms with van der Waals surface area (Å²) in [6, 6.07) is 2.36. The second-order valence-corrected chi connectivity index (χ2v) is 10.2. The molecule has 1 aliphatic carbocycles. The molecule has 0 amide bonds. The molecule has 2 aliphatic heterocycles. The third kappa shape index (κ3) is 8.88. The Morgan fingerprint density at radius 2 is 1.63 bits per heavy atom. The predicted octanol–water partition coefficient (Wildman–Crippen LogP) is 4.05. The zero-order chi connectivity index (χ0) is 25.1. The van der Waals surface area contributed by atoms with E-state index in [0.29, 0.717) is 37.1 Å². The molecule has 3 aliphatic rings. The largest absolute Gasteiger partial charge is 0.462 e. The van der Waals surface area contributed by atoms with Crippen molar-refractivity contribution >= 4 is 17.3 Å². The molecule has 2 saturated heterocycles. The van der Waals surface area contributed by atoms with Gasteiger partial charge in [0.15, 0.2) is 5.82 Å². The number of ether oxygens (including phenoxy) is 3. The minimum Gasteiger partial charge on any atom is -0.462 e. The number of nitrogens with one attached hydrogen (secondary N) is 1. The molecule has 1 aromatic heterocycles. The second-order valence-electron chi connectivity index (χ2n) is 10.2. The van der Waals surface area contributed by atoms with Gasteiger partial charge in [0.25, 0.3) is 0 Å². The van der Waals surface area contributed by atoms with Crippen LogP contribution in [0.25, 0.3) is 0 Å². The molecule has 0 bridgehead atoms. The minimum absolute atomic E-state index is 0.367.